The van der Waals surface area contributed by atoms with Crippen molar-refractivity contribution < 1.29 is 5.11 Å². The average molecular weight is 229 g/mol. The Bertz CT molecular complexity index is 456. The zero-order valence-electron chi connectivity index (χ0n) is 9.74. The Kier molecular flexibility index (Phi) is 3.67. The van der Waals surface area contributed by atoms with Crippen molar-refractivity contribution in [3.63, 3.8) is 0 Å². The van der Waals surface area contributed by atoms with Crippen molar-refractivity contribution in [3.05, 3.63) is 48.3 Å². The first-order valence-electron chi connectivity index (χ1n) is 5.59. The summed E-state index contributed by atoms with van der Waals surface area (Å²) in [6.45, 7) is 2.82. The maximum absolute atomic E-state index is 8.95. The minimum atomic E-state index is -0.0300. The van der Waals surface area contributed by atoms with Crippen molar-refractivity contribution in [2.45, 2.75) is 13.5 Å². The van der Waals surface area contributed by atoms with Crippen LogP contribution in [0.1, 0.15) is 12.5 Å². The predicted molar refractivity (Wildman–Crippen MR) is 67.1 cm³/mol. The standard InChI is InChI=1S/C13H15N3O/c1-2-16(12-6-4-3-5-7-12)13-14-8-11(10-17)9-15-13/h3-9,17H,2,10H2,1H3. The van der Waals surface area contributed by atoms with E-state index in [-0.39, 0.29) is 6.61 Å². The number of benzene rings is 1. The van der Waals surface area contributed by atoms with E-state index in [1.165, 1.54) is 0 Å². The Morgan fingerprint density at radius 3 is 2.29 bits per heavy atom. The number of hydrogen-bond donors (Lipinski definition) is 1. The molecule has 4 nitrogen and oxygen atoms in total. The third-order valence-corrected chi connectivity index (χ3v) is 2.50. The quantitative estimate of drug-likeness (QED) is 0.872. The second-order valence-electron chi connectivity index (χ2n) is 3.63. The first kappa shape index (κ1) is 11.5. The molecule has 0 aliphatic heterocycles. The first-order valence-corrected chi connectivity index (χ1v) is 5.59. The third-order valence-electron chi connectivity index (χ3n) is 2.50. The first-order chi connectivity index (χ1) is 8.35. The molecule has 2 aromatic rings. The lowest BCUT2D eigenvalue weighted by Crippen LogP contribution is -2.18. The van der Waals surface area contributed by atoms with Gasteiger partial charge in [0.25, 0.3) is 0 Å². The molecule has 1 heterocycles. The number of nitrogens with zero attached hydrogens (tertiary/aromatic N) is 3. The van der Waals surface area contributed by atoms with Gasteiger partial charge in [0, 0.05) is 30.2 Å². The van der Waals surface area contributed by atoms with Crippen LogP contribution in [0, 0.1) is 0 Å². The van der Waals surface area contributed by atoms with Gasteiger partial charge in [0.15, 0.2) is 0 Å². The third kappa shape index (κ3) is 2.60. The van der Waals surface area contributed by atoms with Gasteiger partial charge in [0.05, 0.1) is 6.61 Å². The van der Waals surface area contributed by atoms with Crippen LogP contribution in [0.5, 0.6) is 0 Å². The molecule has 4 heteroatoms. The summed E-state index contributed by atoms with van der Waals surface area (Å²) in [4.78, 5) is 10.5. The average Bonchev–Trinajstić information content (AvgIpc) is 2.42. The topological polar surface area (TPSA) is 49.2 Å². The van der Waals surface area contributed by atoms with E-state index in [2.05, 4.69) is 16.9 Å². The second-order valence-corrected chi connectivity index (χ2v) is 3.63. The molecule has 88 valence electrons. The van der Waals surface area contributed by atoms with Gasteiger partial charge in [-0.25, -0.2) is 9.97 Å². The summed E-state index contributed by atoms with van der Waals surface area (Å²) >= 11 is 0. The van der Waals surface area contributed by atoms with Crippen LogP contribution in [-0.4, -0.2) is 21.6 Å². The lowest BCUT2D eigenvalue weighted by atomic mass is 10.3. The Balaban J connectivity index is 2.29. The van der Waals surface area contributed by atoms with Gasteiger partial charge in [-0.3, -0.25) is 0 Å². The number of hydrogen-bond acceptors (Lipinski definition) is 4. The van der Waals surface area contributed by atoms with Gasteiger partial charge in [0.1, 0.15) is 0 Å². The van der Waals surface area contributed by atoms with Crippen LogP contribution in [0.2, 0.25) is 0 Å². The molecule has 0 radical (unpaired) electrons. The Hall–Kier alpha value is -1.94. The smallest absolute Gasteiger partial charge is 0.229 e. The molecule has 0 bridgehead atoms. The largest absolute Gasteiger partial charge is 0.392 e. The van der Waals surface area contributed by atoms with Gasteiger partial charge in [-0.2, -0.15) is 0 Å². The molecule has 1 aromatic heterocycles. The molecule has 2 rings (SSSR count). The maximum atomic E-state index is 8.95. The number of aliphatic hydroxyl groups excluding tert-OH is 1. The van der Waals surface area contributed by atoms with Crippen LogP contribution >= 0.6 is 0 Å². The number of anilines is 2. The Labute approximate surface area is 101 Å². The normalized spacial score (nSPS) is 10.2. The molecule has 0 spiro atoms. The number of aromatic nitrogens is 2. The lowest BCUT2D eigenvalue weighted by Gasteiger charge is -2.20. The second kappa shape index (κ2) is 5.41. The molecule has 0 fully saturated rings. The van der Waals surface area contributed by atoms with Gasteiger partial charge >= 0.3 is 0 Å². The molecule has 0 unspecified atom stereocenters. The molecule has 0 saturated heterocycles. The van der Waals surface area contributed by atoms with E-state index in [0.29, 0.717) is 5.95 Å². The fraction of sp³-hybridized carbons (Fsp3) is 0.231. The van der Waals surface area contributed by atoms with Gasteiger partial charge < -0.3 is 10.0 Å². The van der Waals surface area contributed by atoms with Crippen LogP contribution in [0.3, 0.4) is 0 Å². The van der Waals surface area contributed by atoms with Crippen LogP contribution in [0.15, 0.2) is 42.7 Å². The summed E-state index contributed by atoms with van der Waals surface area (Å²) < 4.78 is 0. The summed E-state index contributed by atoms with van der Waals surface area (Å²) in [5.74, 6) is 0.649. The van der Waals surface area contributed by atoms with Crippen molar-refractivity contribution in [1.29, 1.82) is 0 Å². The van der Waals surface area contributed by atoms with Crippen molar-refractivity contribution in [2.75, 3.05) is 11.4 Å². The highest BCUT2D eigenvalue weighted by atomic mass is 16.3. The highest BCUT2D eigenvalue weighted by Crippen LogP contribution is 2.20. The van der Waals surface area contributed by atoms with Crippen molar-refractivity contribution in [3.8, 4) is 0 Å². The molecule has 17 heavy (non-hydrogen) atoms. The Morgan fingerprint density at radius 1 is 1.12 bits per heavy atom. The van der Waals surface area contributed by atoms with E-state index in [1.807, 2.05) is 35.2 Å². The zero-order valence-corrected chi connectivity index (χ0v) is 9.74. The van der Waals surface area contributed by atoms with Crippen LogP contribution in [-0.2, 0) is 6.61 Å². The highest BCUT2D eigenvalue weighted by molar-refractivity contribution is 5.56. The molecular formula is C13H15N3O. The van der Waals surface area contributed by atoms with E-state index in [4.69, 9.17) is 5.11 Å². The summed E-state index contributed by atoms with van der Waals surface area (Å²) in [5.41, 5.74) is 1.78. The van der Waals surface area contributed by atoms with Gasteiger partial charge in [-0.05, 0) is 19.1 Å². The molecule has 0 saturated carbocycles. The molecule has 0 aliphatic rings. The summed E-state index contributed by atoms with van der Waals surface area (Å²) in [7, 11) is 0. The van der Waals surface area contributed by atoms with Crippen LogP contribution < -0.4 is 4.90 Å². The maximum Gasteiger partial charge on any atom is 0.229 e. The monoisotopic (exact) mass is 229 g/mol. The highest BCUT2D eigenvalue weighted by Gasteiger charge is 2.08. The van der Waals surface area contributed by atoms with Crippen LogP contribution in [0.4, 0.5) is 11.6 Å². The van der Waals surface area contributed by atoms with E-state index >= 15 is 0 Å². The molecule has 0 amide bonds. The zero-order chi connectivity index (χ0) is 12.1. The lowest BCUT2D eigenvalue weighted by molar-refractivity contribution is 0.281. The molecule has 0 aliphatic carbocycles. The van der Waals surface area contributed by atoms with Gasteiger partial charge in [-0.1, -0.05) is 18.2 Å². The summed E-state index contributed by atoms with van der Waals surface area (Å²) in [5, 5.41) is 8.95. The number of rotatable bonds is 4. The minimum absolute atomic E-state index is 0.0300. The predicted octanol–water partition coefficient (Wildman–Crippen LogP) is 2.13. The molecule has 1 N–H and O–H groups in total. The van der Waals surface area contributed by atoms with E-state index in [0.717, 1.165) is 17.8 Å². The SMILES string of the molecule is CCN(c1ccccc1)c1ncc(CO)cn1. The van der Waals surface area contributed by atoms with Gasteiger partial charge in [0.2, 0.25) is 5.95 Å². The summed E-state index contributed by atoms with van der Waals surface area (Å²) in [6.07, 6.45) is 3.29. The minimum Gasteiger partial charge on any atom is -0.392 e. The van der Waals surface area contributed by atoms with Crippen molar-refractivity contribution >= 4 is 11.6 Å². The van der Waals surface area contributed by atoms with E-state index in [1.54, 1.807) is 12.4 Å². The van der Waals surface area contributed by atoms with Gasteiger partial charge in [-0.15, -0.1) is 0 Å². The Morgan fingerprint density at radius 2 is 1.76 bits per heavy atom. The molecule has 0 atom stereocenters. The molecular weight excluding hydrogens is 214 g/mol. The number of aliphatic hydroxyl groups is 1. The van der Waals surface area contributed by atoms with E-state index < -0.39 is 0 Å². The molecule has 1 aromatic carbocycles. The fourth-order valence-corrected chi connectivity index (χ4v) is 1.62. The van der Waals surface area contributed by atoms with Crippen molar-refractivity contribution in [1.82, 2.24) is 9.97 Å². The number of para-hydroxylation sites is 1. The van der Waals surface area contributed by atoms with E-state index in [9.17, 15) is 0 Å². The fourth-order valence-electron chi connectivity index (χ4n) is 1.62. The van der Waals surface area contributed by atoms with Crippen molar-refractivity contribution in [2.24, 2.45) is 0 Å². The summed E-state index contributed by atoms with van der Waals surface area (Å²) in [6, 6.07) is 9.99. The van der Waals surface area contributed by atoms with Crippen LogP contribution in [0.25, 0.3) is 0 Å².